The molecule has 0 radical (unpaired) electrons. The first-order chi connectivity index (χ1) is 9.16. The van der Waals surface area contributed by atoms with Crippen molar-refractivity contribution in [3.8, 4) is 0 Å². The largest absolute Gasteiger partial charge is 0.346 e. The van der Waals surface area contributed by atoms with Crippen LogP contribution in [0.1, 0.15) is 0 Å². The summed E-state index contributed by atoms with van der Waals surface area (Å²) in [4.78, 5) is 0. The fraction of sp³-hybridized carbons (Fsp3) is 0. The van der Waals surface area contributed by atoms with E-state index >= 15 is 0 Å². The van der Waals surface area contributed by atoms with Crippen LogP contribution in [-0.2, 0) is 10.2 Å². The molecule has 6 heteroatoms. The molecule has 0 saturated heterocycles. The van der Waals surface area contributed by atoms with Crippen LogP contribution in [-0.4, -0.2) is 14.8 Å². The van der Waals surface area contributed by atoms with Crippen LogP contribution in [0.4, 0.5) is 11.4 Å². The van der Waals surface area contributed by atoms with Crippen molar-refractivity contribution in [1.82, 2.24) is 0 Å². The Morgan fingerprint density at radius 3 is 1.95 bits per heavy atom. The molecule has 5 nitrogen and oxygen atoms in total. The van der Waals surface area contributed by atoms with E-state index in [1.165, 1.54) is 0 Å². The second kappa shape index (κ2) is 6.01. The Morgan fingerprint density at radius 1 is 0.842 bits per heavy atom. The summed E-state index contributed by atoms with van der Waals surface area (Å²) < 4.78 is 29.1. The number of nitrogens with zero attached hydrogens (tertiary/aromatic N) is 1. The van der Waals surface area contributed by atoms with Crippen LogP contribution in [0.25, 0.3) is 0 Å². The summed E-state index contributed by atoms with van der Waals surface area (Å²) in [6.07, 6.45) is 1.14. The standard InChI is InChI=1S/C13H13N3O2S/c17-19(18,16-13-9-5-2-6-10-13)15-11-14-12-7-3-1-4-8-12/h1-11,16H,(H,14,15). The van der Waals surface area contributed by atoms with Crippen molar-refractivity contribution < 1.29 is 8.42 Å². The van der Waals surface area contributed by atoms with E-state index in [0.29, 0.717) is 5.69 Å². The quantitative estimate of drug-likeness (QED) is 0.650. The van der Waals surface area contributed by atoms with Gasteiger partial charge in [-0.2, -0.15) is 8.42 Å². The second-order valence-electron chi connectivity index (χ2n) is 3.69. The minimum absolute atomic E-state index is 0.472. The molecule has 0 heterocycles. The van der Waals surface area contributed by atoms with Crippen LogP contribution in [0, 0.1) is 0 Å². The van der Waals surface area contributed by atoms with Gasteiger partial charge in [0.05, 0.1) is 5.69 Å². The molecule has 0 fully saturated rings. The highest BCUT2D eigenvalue weighted by Crippen LogP contribution is 2.08. The summed E-state index contributed by atoms with van der Waals surface area (Å²) >= 11 is 0. The van der Waals surface area contributed by atoms with Crippen LogP contribution < -0.4 is 10.0 Å². The molecule has 0 aliphatic carbocycles. The van der Waals surface area contributed by atoms with Crippen LogP contribution >= 0.6 is 0 Å². The molecule has 98 valence electrons. The van der Waals surface area contributed by atoms with Gasteiger partial charge in [-0.1, -0.05) is 36.4 Å². The highest BCUT2D eigenvalue weighted by Gasteiger charge is 2.05. The fourth-order valence-corrected chi connectivity index (χ4v) is 2.06. The lowest BCUT2D eigenvalue weighted by Gasteiger charge is -2.03. The maximum Gasteiger partial charge on any atom is 0.343 e. The third-order valence-corrected chi connectivity index (χ3v) is 3.09. The van der Waals surface area contributed by atoms with E-state index in [9.17, 15) is 8.42 Å². The van der Waals surface area contributed by atoms with Gasteiger partial charge in [-0.3, -0.25) is 4.72 Å². The normalized spacial score (nSPS) is 11.4. The predicted molar refractivity (Wildman–Crippen MR) is 77.5 cm³/mol. The molecule has 0 unspecified atom stereocenters. The monoisotopic (exact) mass is 275 g/mol. The minimum Gasteiger partial charge on any atom is -0.346 e. The van der Waals surface area contributed by atoms with Crippen molar-refractivity contribution in [3.63, 3.8) is 0 Å². The molecule has 2 rings (SSSR count). The molecule has 0 spiro atoms. The van der Waals surface area contributed by atoms with E-state index in [1.54, 1.807) is 30.3 Å². The Morgan fingerprint density at radius 2 is 1.37 bits per heavy atom. The summed E-state index contributed by atoms with van der Waals surface area (Å²) in [5.41, 5.74) is 1.24. The average molecular weight is 275 g/mol. The van der Waals surface area contributed by atoms with Gasteiger partial charge in [-0.15, -0.1) is 4.40 Å². The van der Waals surface area contributed by atoms with E-state index in [4.69, 9.17) is 0 Å². The number of hydrogen-bond donors (Lipinski definition) is 2. The van der Waals surface area contributed by atoms with Gasteiger partial charge in [-0.05, 0) is 24.3 Å². The molecular weight excluding hydrogens is 262 g/mol. The maximum absolute atomic E-state index is 11.6. The number of nitrogens with one attached hydrogen (secondary N) is 2. The van der Waals surface area contributed by atoms with Crippen molar-refractivity contribution in [2.45, 2.75) is 0 Å². The third-order valence-electron chi connectivity index (χ3n) is 2.22. The maximum atomic E-state index is 11.6. The van der Waals surface area contributed by atoms with Crippen molar-refractivity contribution in [2.24, 2.45) is 4.40 Å². The average Bonchev–Trinajstić information content (AvgIpc) is 2.40. The zero-order chi connectivity index (χ0) is 13.6. The SMILES string of the molecule is O=S(=O)(/N=C/Nc1ccccc1)Nc1ccccc1. The van der Waals surface area contributed by atoms with E-state index in [2.05, 4.69) is 14.4 Å². The van der Waals surface area contributed by atoms with Crippen LogP contribution in [0.5, 0.6) is 0 Å². The summed E-state index contributed by atoms with van der Waals surface area (Å²) in [5.74, 6) is 0. The van der Waals surface area contributed by atoms with Gasteiger partial charge in [0.25, 0.3) is 0 Å². The van der Waals surface area contributed by atoms with Gasteiger partial charge in [-0.25, -0.2) is 0 Å². The molecule has 0 bridgehead atoms. The molecule has 2 aromatic carbocycles. The lowest BCUT2D eigenvalue weighted by Crippen LogP contribution is -2.10. The van der Waals surface area contributed by atoms with E-state index < -0.39 is 10.2 Å². The van der Waals surface area contributed by atoms with Gasteiger partial charge < -0.3 is 5.32 Å². The molecule has 0 aliphatic rings. The summed E-state index contributed by atoms with van der Waals surface area (Å²) in [5, 5.41) is 2.78. The van der Waals surface area contributed by atoms with Crippen molar-refractivity contribution >= 4 is 27.9 Å². The Hall–Kier alpha value is -2.34. The first kappa shape index (κ1) is 13.1. The first-order valence-electron chi connectivity index (χ1n) is 5.59. The molecule has 19 heavy (non-hydrogen) atoms. The van der Waals surface area contributed by atoms with Gasteiger partial charge in [0, 0.05) is 5.69 Å². The zero-order valence-corrected chi connectivity index (χ0v) is 10.8. The first-order valence-corrected chi connectivity index (χ1v) is 7.03. The molecule has 0 aliphatic heterocycles. The zero-order valence-electron chi connectivity index (χ0n) is 10.0. The Labute approximate surface area is 112 Å². The van der Waals surface area contributed by atoms with Crippen LogP contribution in [0.15, 0.2) is 65.1 Å². The summed E-state index contributed by atoms with van der Waals surface area (Å²) in [7, 11) is -3.75. The van der Waals surface area contributed by atoms with Gasteiger partial charge >= 0.3 is 10.2 Å². The van der Waals surface area contributed by atoms with Crippen molar-refractivity contribution in [1.29, 1.82) is 0 Å². The Balaban J connectivity index is 1.98. The molecule has 2 aromatic rings. The second-order valence-corrected chi connectivity index (χ2v) is 5.05. The lowest BCUT2D eigenvalue weighted by molar-refractivity contribution is 0.603. The van der Waals surface area contributed by atoms with Crippen molar-refractivity contribution in [2.75, 3.05) is 10.0 Å². The number of rotatable bonds is 5. The van der Waals surface area contributed by atoms with E-state index in [-0.39, 0.29) is 0 Å². The number of para-hydroxylation sites is 2. The molecule has 0 atom stereocenters. The molecule has 0 aromatic heterocycles. The summed E-state index contributed by atoms with van der Waals surface area (Å²) in [6.45, 7) is 0. The molecular formula is C13H13N3O2S. The highest BCUT2D eigenvalue weighted by molar-refractivity contribution is 7.91. The fourth-order valence-electron chi connectivity index (χ4n) is 1.39. The highest BCUT2D eigenvalue weighted by atomic mass is 32.2. The van der Waals surface area contributed by atoms with Gasteiger partial charge in [0.2, 0.25) is 0 Å². The third kappa shape index (κ3) is 4.44. The number of anilines is 2. The van der Waals surface area contributed by atoms with Crippen LogP contribution in [0.3, 0.4) is 0 Å². The molecule has 0 amide bonds. The minimum atomic E-state index is -3.75. The Kier molecular flexibility index (Phi) is 4.15. The lowest BCUT2D eigenvalue weighted by atomic mass is 10.3. The van der Waals surface area contributed by atoms with E-state index in [0.717, 1.165) is 12.0 Å². The predicted octanol–water partition coefficient (Wildman–Crippen LogP) is 2.48. The van der Waals surface area contributed by atoms with Gasteiger partial charge in [0.1, 0.15) is 6.34 Å². The number of benzene rings is 2. The van der Waals surface area contributed by atoms with Crippen LogP contribution in [0.2, 0.25) is 0 Å². The number of hydrogen-bond acceptors (Lipinski definition) is 2. The van der Waals surface area contributed by atoms with E-state index in [1.807, 2.05) is 30.3 Å². The molecule has 2 N–H and O–H groups in total. The molecule has 0 saturated carbocycles. The topological polar surface area (TPSA) is 70.6 Å². The van der Waals surface area contributed by atoms with Crippen molar-refractivity contribution in [3.05, 3.63) is 60.7 Å². The Bertz CT molecular complexity index is 640. The van der Waals surface area contributed by atoms with Gasteiger partial charge in [0.15, 0.2) is 0 Å². The smallest absolute Gasteiger partial charge is 0.343 e. The summed E-state index contributed by atoms with van der Waals surface area (Å²) in [6, 6.07) is 17.8.